The summed E-state index contributed by atoms with van der Waals surface area (Å²) in [7, 11) is 0. The second-order valence-corrected chi connectivity index (χ2v) is 5.38. The molecule has 0 saturated heterocycles. The average molecular weight is 241 g/mol. The van der Waals surface area contributed by atoms with Crippen LogP contribution >= 0.6 is 0 Å². The maximum Gasteiger partial charge on any atom is 0.123 e. The summed E-state index contributed by atoms with van der Waals surface area (Å²) >= 11 is 0. The van der Waals surface area contributed by atoms with Crippen LogP contribution in [-0.4, -0.2) is 10.7 Å². The largest absolute Gasteiger partial charge is 0.488 e. The van der Waals surface area contributed by atoms with Gasteiger partial charge in [-0.1, -0.05) is 17.7 Å². The first-order valence-corrected chi connectivity index (χ1v) is 6.51. The van der Waals surface area contributed by atoms with E-state index in [4.69, 9.17) is 4.74 Å². The normalized spacial score (nSPS) is 17.6. The van der Waals surface area contributed by atoms with Crippen molar-refractivity contribution in [2.45, 2.75) is 39.8 Å². The molecule has 1 aliphatic rings. The summed E-state index contributed by atoms with van der Waals surface area (Å²) in [5.74, 6) is 1.06. The second-order valence-electron chi connectivity index (χ2n) is 5.38. The Balaban J connectivity index is 1.74. The van der Waals surface area contributed by atoms with Crippen LogP contribution in [-0.2, 0) is 13.0 Å². The highest BCUT2D eigenvalue weighted by molar-refractivity contribution is 5.40. The highest BCUT2D eigenvalue weighted by Gasteiger charge is 2.23. The zero-order chi connectivity index (χ0) is 12.7. The maximum atomic E-state index is 5.99. The lowest BCUT2D eigenvalue weighted by atomic mass is 10.1. The molecule has 0 radical (unpaired) electrons. The zero-order valence-corrected chi connectivity index (χ0v) is 11.2. The highest BCUT2D eigenvalue weighted by Crippen LogP contribution is 2.30. The number of hydrogen-bond donors (Lipinski definition) is 0. The van der Waals surface area contributed by atoms with Crippen LogP contribution in [0, 0.1) is 20.8 Å². The molecule has 0 spiro atoms. The minimum Gasteiger partial charge on any atom is -0.488 e. The number of benzene rings is 1. The molecule has 94 valence electrons. The van der Waals surface area contributed by atoms with Crippen molar-refractivity contribution in [3.8, 4) is 5.75 Å². The quantitative estimate of drug-likeness (QED) is 0.786. The van der Waals surface area contributed by atoms with Crippen LogP contribution in [0.2, 0.25) is 0 Å². The lowest BCUT2D eigenvalue weighted by Crippen LogP contribution is -2.19. The predicted octanol–water partition coefficient (Wildman–Crippen LogP) is 3.42. The van der Waals surface area contributed by atoms with E-state index in [0.29, 0.717) is 0 Å². The van der Waals surface area contributed by atoms with Crippen LogP contribution in [0.25, 0.3) is 0 Å². The van der Waals surface area contributed by atoms with E-state index in [1.54, 1.807) is 0 Å². The van der Waals surface area contributed by atoms with Crippen molar-refractivity contribution in [2.75, 3.05) is 0 Å². The molecule has 2 nitrogen and oxygen atoms in total. The van der Waals surface area contributed by atoms with Gasteiger partial charge in [0.05, 0.1) is 6.54 Å². The summed E-state index contributed by atoms with van der Waals surface area (Å²) in [6.07, 6.45) is 5.70. The van der Waals surface area contributed by atoms with Crippen molar-refractivity contribution in [2.24, 2.45) is 0 Å². The SMILES string of the molecule is Cc1ccc2c(c1)CC(Cn1cc(C)c(C)c1)O2. The van der Waals surface area contributed by atoms with E-state index in [9.17, 15) is 0 Å². The summed E-state index contributed by atoms with van der Waals surface area (Å²) in [4.78, 5) is 0. The first-order chi connectivity index (χ1) is 8.61. The molecule has 0 aliphatic carbocycles. The second kappa shape index (κ2) is 4.20. The van der Waals surface area contributed by atoms with Gasteiger partial charge in [-0.3, -0.25) is 0 Å². The molecule has 0 N–H and O–H groups in total. The summed E-state index contributed by atoms with van der Waals surface area (Å²) in [5, 5.41) is 0. The molecule has 0 bridgehead atoms. The Labute approximate surface area is 108 Å². The van der Waals surface area contributed by atoms with Gasteiger partial charge < -0.3 is 9.30 Å². The third-order valence-corrected chi connectivity index (χ3v) is 3.71. The topological polar surface area (TPSA) is 14.2 Å². The van der Waals surface area contributed by atoms with Crippen LogP contribution in [0.15, 0.2) is 30.6 Å². The van der Waals surface area contributed by atoms with Crippen molar-refractivity contribution in [3.63, 3.8) is 0 Å². The van der Waals surface area contributed by atoms with E-state index in [0.717, 1.165) is 18.7 Å². The molecule has 1 aromatic heterocycles. The Morgan fingerprint density at radius 2 is 1.89 bits per heavy atom. The molecule has 18 heavy (non-hydrogen) atoms. The average Bonchev–Trinajstić information content (AvgIpc) is 2.82. The molecule has 2 heteroatoms. The van der Waals surface area contributed by atoms with E-state index in [1.165, 1.54) is 22.3 Å². The fraction of sp³-hybridized carbons (Fsp3) is 0.375. The van der Waals surface area contributed by atoms with Crippen LogP contribution in [0.3, 0.4) is 0 Å². The predicted molar refractivity (Wildman–Crippen MR) is 73.2 cm³/mol. The number of fused-ring (bicyclic) bond motifs is 1. The van der Waals surface area contributed by atoms with Crippen LogP contribution in [0.1, 0.15) is 22.3 Å². The number of nitrogens with zero attached hydrogens (tertiary/aromatic N) is 1. The molecule has 1 atom stereocenters. The molecule has 2 heterocycles. The Morgan fingerprint density at radius 1 is 1.17 bits per heavy atom. The molecule has 0 amide bonds. The van der Waals surface area contributed by atoms with Crippen LogP contribution in [0.4, 0.5) is 0 Å². The summed E-state index contributed by atoms with van der Waals surface area (Å²) in [6, 6.07) is 6.45. The van der Waals surface area contributed by atoms with Gasteiger partial charge in [-0.05, 0) is 43.5 Å². The fourth-order valence-electron chi connectivity index (χ4n) is 2.63. The number of rotatable bonds is 2. The van der Waals surface area contributed by atoms with Crippen molar-refractivity contribution in [3.05, 3.63) is 52.8 Å². The first-order valence-electron chi connectivity index (χ1n) is 6.51. The lowest BCUT2D eigenvalue weighted by Gasteiger charge is -2.11. The number of hydrogen-bond acceptors (Lipinski definition) is 1. The third kappa shape index (κ3) is 2.03. The van der Waals surface area contributed by atoms with Gasteiger partial charge in [0, 0.05) is 18.8 Å². The molecular formula is C16H19NO. The van der Waals surface area contributed by atoms with E-state index in [-0.39, 0.29) is 6.10 Å². The highest BCUT2D eigenvalue weighted by atomic mass is 16.5. The molecule has 2 aromatic rings. The number of ether oxygens (including phenoxy) is 1. The summed E-state index contributed by atoms with van der Waals surface area (Å²) < 4.78 is 8.24. The van der Waals surface area contributed by atoms with Gasteiger partial charge >= 0.3 is 0 Å². The van der Waals surface area contributed by atoms with Gasteiger partial charge in [0.25, 0.3) is 0 Å². The molecular weight excluding hydrogens is 222 g/mol. The van der Waals surface area contributed by atoms with E-state index in [1.807, 2.05) is 0 Å². The van der Waals surface area contributed by atoms with Gasteiger partial charge in [-0.15, -0.1) is 0 Å². The summed E-state index contributed by atoms with van der Waals surface area (Å²) in [6.45, 7) is 7.37. The minimum atomic E-state index is 0.271. The van der Waals surface area contributed by atoms with E-state index < -0.39 is 0 Å². The van der Waals surface area contributed by atoms with Crippen molar-refractivity contribution in [1.82, 2.24) is 4.57 Å². The third-order valence-electron chi connectivity index (χ3n) is 3.71. The van der Waals surface area contributed by atoms with Crippen molar-refractivity contribution < 1.29 is 4.74 Å². The van der Waals surface area contributed by atoms with Crippen LogP contribution in [0.5, 0.6) is 5.75 Å². The number of aryl methyl sites for hydroxylation is 3. The van der Waals surface area contributed by atoms with Gasteiger partial charge in [-0.25, -0.2) is 0 Å². The van der Waals surface area contributed by atoms with Gasteiger partial charge in [0.15, 0.2) is 0 Å². The standard InChI is InChI=1S/C16H19NO/c1-11-4-5-16-14(6-11)7-15(18-16)10-17-8-12(2)13(3)9-17/h4-6,8-9,15H,7,10H2,1-3H3. The summed E-state index contributed by atoms with van der Waals surface area (Å²) in [5.41, 5.74) is 5.36. The molecule has 0 fully saturated rings. The molecule has 0 saturated carbocycles. The monoisotopic (exact) mass is 241 g/mol. The minimum absolute atomic E-state index is 0.271. The molecule has 1 aromatic carbocycles. The van der Waals surface area contributed by atoms with Crippen LogP contribution < -0.4 is 4.74 Å². The maximum absolute atomic E-state index is 5.99. The van der Waals surface area contributed by atoms with Gasteiger partial charge in [0.2, 0.25) is 0 Å². The Bertz CT molecular complexity index is 563. The lowest BCUT2D eigenvalue weighted by molar-refractivity contribution is 0.209. The first kappa shape index (κ1) is 11.4. The Kier molecular flexibility index (Phi) is 2.66. The van der Waals surface area contributed by atoms with E-state index in [2.05, 4.69) is 55.9 Å². The smallest absolute Gasteiger partial charge is 0.123 e. The van der Waals surface area contributed by atoms with Gasteiger partial charge in [0.1, 0.15) is 11.9 Å². The Hall–Kier alpha value is -1.70. The van der Waals surface area contributed by atoms with Crippen molar-refractivity contribution >= 4 is 0 Å². The molecule has 1 unspecified atom stereocenters. The zero-order valence-electron chi connectivity index (χ0n) is 11.2. The fourth-order valence-corrected chi connectivity index (χ4v) is 2.63. The number of aromatic nitrogens is 1. The Morgan fingerprint density at radius 3 is 2.61 bits per heavy atom. The van der Waals surface area contributed by atoms with Gasteiger partial charge in [-0.2, -0.15) is 0 Å². The molecule has 3 rings (SSSR count). The van der Waals surface area contributed by atoms with E-state index >= 15 is 0 Å². The molecule has 1 aliphatic heterocycles. The van der Waals surface area contributed by atoms with Crippen molar-refractivity contribution in [1.29, 1.82) is 0 Å².